The minimum Gasteiger partial charge on any atom is -0.370 e. The Hall–Kier alpha value is -2.78. The quantitative estimate of drug-likeness (QED) is 0.572. The third kappa shape index (κ3) is 3.83. The topological polar surface area (TPSA) is 114 Å². The molecule has 1 aliphatic carbocycles. The molecule has 2 fully saturated rings. The predicted molar refractivity (Wildman–Crippen MR) is 91.7 cm³/mol. The number of hydrogen-bond acceptors (Lipinski definition) is 7. The highest BCUT2D eigenvalue weighted by atomic mass is 15.5. The maximum Gasteiger partial charge on any atom is 0.225 e. The summed E-state index contributed by atoms with van der Waals surface area (Å²) in [6.45, 7) is 4.52. The van der Waals surface area contributed by atoms with E-state index in [1.54, 1.807) is 12.4 Å². The zero-order valence-corrected chi connectivity index (χ0v) is 14.1. The molecule has 2 aromatic rings. The fourth-order valence-electron chi connectivity index (χ4n) is 2.87. The number of hydrogen-bond donors (Lipinski definition) is 1. The highest BCUT2D eigenvalue weighted by molar-refractivity contribution is 5.78. The second kappa shape index (κ2) is 6.99. The van der Waals surface area contributed by atoms with Gasteiger partial charge in [0.05, 0.1) is 0 Å². The van der Waals surface area contributed by atoms with E-state index in [0.717, 1.165) is 50.4 Å². The van der Waals surface area contributed by atoms with Gasteiger partial charge in [-0.15, -0.1) is 5.10 Å². The highest BCUT2D eigenvalue weighted by Crippen LogP contribution is 2.30. The maximum atomic E-state index is 6.16. The van der Waals surface area contributed by atoms with Crippen molar-refractivity contribution in [1.29, 1.82) is 0 Å². The molecule has 2 N–H and O–H groups in total. The fourth-order valence-corrected chi connectivity index (χ4v) is 2.87. The van der Waals surface area contributed by atoms with Crippen molar-refractivity contribution in [3.8, 4) is 0 Å². The minimum atomic E-state index is 0.410. The van der Waals surface area contributed by atoms with Crippen LogP contribution in [0.5, 0.6) is 0 Å². The van der Waals surface area contributed by atoms with E-state index < -0.39 is 0 Å². The van der Waals surface area contributed by atoms with E-state index in [2.05, 4.69) is 40.3 Å². The average molecular weight is 342 g/mol. The van der Waals surface area contributed by atoms with E-state index in [1.807, 2.05) is 10.7 Å². The Balaban J connectivity index is 1.32. The molecule has 4 rings (SSSR count). The summed E-state index contributed by atoms with van der Waals surface area (Å²) in [5, 5.41) is 11.9. The molecule has 10 nitrogen and oxygen atoms in total. The van der Waals surface area contributed by atoms with Crippen LogP contribution in [0.3, 0.4) is 0 Å². The minimum absolute atomic E-state index is 0.410. The van der Waals surface area contributed by atoms with Crippen LogP contribution >= 0.6 is 0 Å². The summed E-state index contributed by atoms with van der Waals surface area (Å²) in [5.41, 5.74) is 6.16. The van der Waals surface area contributed by atoms with Crippen molar-refractivity contribution in [2.24, 2.45) is 16.6 Å². The zero-order valence-electron chi connectivity index (χ0n) is 14.1. The molecule has 25 heavy (non-hydrogen) atoms. The van der Waals surface area contributed by atoms with Crippen molar-refractivity contribution in [2.75, 3.05) is 31.1 Å². The van der Waals surface area contributed by atoms with Gasteiger partial charge in [0, 0.05) is 45.1 Å². The Morgan fingerprint density at radius 1 is 1.16 bits per heavy atom. The van der Waals surface area contributed by atoms with Crippen LogP contribution in [-0.4, -0.2) is 67.2 Å². The third-order valence-electron chi connectivity index (χ3n) is 4.56. The molecule has 0 unspecified atom stereocenters. The first-order chi connectivity index (χ1) is 12.3. The number of nitrogens with two attached hydrogens (primary N) is 1. The van der Waals surface area contributed by atoms with Crippen molar-refractivity contribution < 1.29 is 0 Å². The number of aromatic nitrogens is 6. The molecule has 1 saturated heterocycles. The Morgan fingerprint density at radius 3 is 2.64 bits per heavy atom. The number of aliphatic imine (C=N–C) groups is 1. The molecule has 0 spiro atoms. The van der Waals surface area contributed by atoms with Crippen LogP contribution in [0, 0.1) is 5.92 Å². The van der Waals surface area contributed by atoms with Crippen molar-refractivity contribution in [1.82, 2.24) is 35.1 Å². The first-order valence-corrected chi connectivity index (χ1v) is 8.61. The molecular weight excluding hydrogens is 320 g/mol. The zero-order chi connectivity index (χ0) is 17.1. The van der Waals surface area contributed by atoms with Gasteiger partial charge in [-0.05, 0) is 35.3 Å². The molecule has 3 heterocycles. The second-order valence-electron chi connectivity index (χ2n) is 6.42. The van der Waals surface area contributed by atoms with E-state index in [9.17, 15) is 0 Å². The molecule has 132 valence electrons. The van der Waals surface area contributed by atoms with Crippen LogP contribution in [0.2, 0.25) is 0 Å². The van der Waals surface area contributed by atoms with Gasteiger partial charge in [0.25, 0.3) is 0 Å². The largest absolute Gasteiger partial charge is 0.370 e. The van der Waals surface area contributed by atoms with E-state index in [0.29, 0.717) is 12.5 Å². The fraction of sp³-hybridized carbons (Fsp3) is 0.600. The number of anilines is 1. The molecule has 0 amide bonds. The number of nitrogens with zero attached hydrogens (tertiary/aromatic N) is 9. The van der Waals surface area contributed by atoms with Crippen LogP contribution < -0.4 is 10.6 Å². The summed E-state index contributed by atoms with van der Waals surface area (Å²) in [5.74, 6) is 2.79. The number of tetrazole rings is 1. The normalized spacial score (nSPS) is 18.6. The monoisotopic (exact) mass is 342 g/mol. The number of rotatable bonds is 5. The summed E-state index contributed by atoms with van der Waals surface area (Å²) in [7, 11) is 0. The first-order valence-electron chi connectivity index (χ1n) is 8.61. The number of guanidine groups is 1. The van der Waals surface area contributed by atoms with Gasteiger partial charge in [-0.25, -0.2) is 19.6 Å². The lowest BCUT2D eigenvalue weighted by molar-refractivity contribution is 0.377. The molecule has 2 aromatic heterocycles. The molecular formula is C15H22N10. The maximum absolute atomic E-state index is 6.16. The Morgan fingerprint density at radius 2 is 1.92 bits per heavy atom. The van der Waals surface area contributed by atoms with E-state index in [-0.39, 0.29) is 0 Å². The molecule has 10 heteroatoms. The SMILES string of the molecule is NC(=NCc1nnnn1CC1CC1)N1CCN(c2ncccn2)CC1. The van der Waals surface area contributed by atoms with Gasteiger partial charge in [0.1, 0.15) is 6.54 Å². The van der Waals surface area contributed by atoms with Crippen LogP contribution in [0.15, 0.2) is 23.5 Å². The Kier molecular flexibility index (Phi) is 4.40. The van der Waals surface area contributed by atoms with E-state index in [1.165, 1.54) is 12.8 Å². The second-order valence-corrected chi connectivity index (χ2v) is 6.42. The van der Waals surface area contributed by atoms with Gasteiger partial charge < -0.3 is 15.5 Å². The Labute approximate surface area is 145 Å². The molecule has 1 aliphatic heterocycles. The highest BCUT2D eigenvalue weighted by Gasteiger charge is 2.24. The smallest absolute Gasteiger partial charge is 0.225 e. The molecule has 2 aliphatic rings. The lowest BCUT2D eigenvalue weighted by atomic mass is 10.3. The predicted octanol–water partition coefficient (Wildman–Crippen LogP) is -0.490. The van der Waals surface area contributed by atoms with Gasteiger partial charge in [-0.1, -0.05) is 0 Å². The van der Waals surface area contributed by atoms with Crippen LogP contribution in [0.4, 0.5) is 5.95 Å². The van der Waals surface area contributed by atoms with Crippen molar-refractivity contribution in [3.63, 3.8) is 0 Å². The standard InChI is InChI=1S/C15H22N10/c16-14(19-10-13-20-21-22-25(13)11-12-2-3-12)23-6-8-24(9-7-23)15-17-4-1-5-18-15/h1,4-5,12H,2-3,6-11H2,(H2,16,19). The van der Waals surface area contributed by atoms with Crippen LogP contribution in [0.1, 0.15) is 18.7 Å². The summed E-state index contributed by atoms with van der Waals surface area (Å²) < 4.78 is 1.85. The molecule has 0 aromatic carbocycles. The van der Waals surface area contributed by atoms with Gasteiger partial charge in [0.2, 0.25) is 5.95 Å². The van der Waals surface area contributed by atoms with Crippen LogP contribution in [0.25, 0.3) is 0 Å². The van der Waals surface area contributed by atoms with Gasteiger partial charge in [-0.3, -0.25) is 0 Å². The van der Waals surface area contributed by atoms with Crippen molar-refractivity contribution in [3.05, 3.63) is 24.3 Å². The molecule has 0 radical (unpaired) electrons. The van der Waals surface area contributed by atoms with Gasteiger partial charge >= 0.3 is 0 Å². The summed E-state index contributed by atoms with van der Waals surface area (Å²) in [6.07, 6.45) is 6.05. The van der Waals surface area contributed by atoms with E-state index in [4.69, 9.17) is 5.73 Å². The lowest BCUT2D eigenvalue weighted by Crippen LogP contribution is -2.51. The van der Waals surface area contributed by atoms with Crippen LogP contribution in [-0.2, 0) is 13.1 Å². The number of piperazine rings is 1. The van der Waals surface area contributed by atoms with Crippen molar-refractivity contribution >= 4 is 11.9 Å². The molecule has 0 bridgehead atoms. The van der Waals surface area contributed by atoms with Gasteiger partial charge in [-0.2, -0.15) is 0 Å². The first kappa shape index (κ1) is 15.7. The third-order valence-corrected chi connectivity index (χ3v) is 4.56. The Bertz CT molecular complexity index is 715. The average Bonchev–Trinajstić information content (AvgIpc) is 3.37. The molecule has 1 saturated carbocycles. The van der Waals surface area contributed by atoms with E-state index >= 15 is 0 Å². The van der Waals surface area contributed by atoms with Crippen molar-refractivity contribution in [2.45, 2.75) is 25.9 Å². The summed E-state index contributed by atoms with van der Waals surface area (Å²) >= 11 is 0. The summed E-state index contributed by atoms with van der Waals surface area (Å²) in [6, 6.07) is 1.82. The molecule has 0 atom stereocenters. The summed E-state index contributed by atoms with van der Waals surface area (Å²) in [4.78, 5) is 17.3. The van der Waals surface area contributed by atoms with Gasteiger partial charge in [0.15, 0.2) is 11.8 Å². The lowest BCUT2D eigenvalue weighted by Gasteiger charge is -2.35.